The van der Waals surface area contributed by atoms with Gasteiger partial charge in [-0.2, -0.15) is 0 Å². The van der Waals surface area contributed by atoms with Crippen LogP contribution < -0.4 is 10.6 Å². The number of pyridine rings is 1. The lowest BCUT2D eigenvalue weighted by Crippen LogP contribution is -2.36. The first-order valence-corrected chi connectivity index (χ1v) is 6.05. The van der Waals surface area contributed by atoms with Gasteiger partial charge in [-0.25, -0.2) is 4.98 Å². The Labute approximate surface area is 104 Å². The van der Waals surface area contributed by atoms with Crippen molar-refractivity contribution in [3.05, 3.63) is 23.4 Å². The van der Waals surface area contributed by atoms with E-state index >= 15 is 0 Å². The summed E-state index contributed by atoms with van der Waals surface area (Å²) in [6, 6.07) is 4.39. The molecule has 0 aliphatic rings. The number of ether oxygens (including phenoxy) is 1. The molecule has 1 rings (SSSR count). The number of aromatic nitrogens is 1. The molecule has 0 aliphatic carbocycles. The van der Waals surface area contributed by atoms with Crippen LogP contribution in [0.15, 0.2) is 12.1 Å². The standard InChI is InChI=1S/C13H23N3O/c1-5-16(11(3)9-17-4)13-7-12(8-14)6-10(2)15-13/h6-7,11H,5,8-9,14H2,1-4H3. The van der Waals surface area contributed by atoms with Gasteiger partial charge in [-0.3, -0.25) is 0 Å². The Bertz CT molecular complexity index is 355. The van der Waals surface area contributed by atoms with Gasteiger partial charge in [-0.15, -0.1) is 0 Å². The molecule has 17 heavy (non-hydrogen) atoms. The second-order valence-corrected chi connectivity index (χ2v) is 4.27. The van der Waals surface area contributed by atoms with Crippen molar-refractivity contribution in [1.82, 2.24) is 4.98 Å². The Morgan fingerprint density at radius 3 is 2.71 bits per heavy atom. The summed E-state index contributed by atoms with van der Waals surface area (Å²) < 4.78 is 5.20. The van der Waals surface area contributed by atoms with Crippen LogP contribution in [0, 0.1) is 6.92 Å². The molecule has 2 N–H and O–H groups in total. The Balaban J connectivity index is 2.98. The molecule has 0 aliphatic heterocycles. The number of aryl methyl sites for hydroxylation is 1. The van der Waals surface area contributed by atoms with Gasteiger partial charge in [0.25, 0.3) is 0 Å². The molecule has 4 heteroatoms. The molecule has 1 heterocycles. The first-order chi connectivity index (χ1) is 8.12. The van der Waals surface area contributed by atoms with Crippen molar-refractivity contribution >= 4 is 5.82 Å². The van der Waals surface area contributed by atoms with Crippen molar-refractivity contribution in [3.63, 3.8) is 0 Å². The van der Waals surface area contributed by atoms with Gasteiger partial charge in [0.1, 0.15) is 5.82 Å². The van der Waals surface area contributed by atoms with E-state index < -0.39 is 0 Å². The van der Waals surface area contributed by atoms with E-state index in [-0.39, 0.29) is 0 Å². The number of hydrogen-bond acceptors (Lipinski definition) is 4. The molecular formula is C13H23N3O. The van der Waals surface area contributed by atoms with Crippen LogP contribution in [0.3, 0.4) is 0 Å². The summed E-state index contributed by atoms with van der Waals surface area (Å²) in [5.74, 6) is 0.984. The van der Waals surface area contributed by atoms with Crippen LogP contribution in [0.25, 0.3) is 0 Å². The Hall–Kier alpha value is -1.13. The number of rotatable bonds is 6. The van der Waals surface area contributed by atoms with Crippen LogP contribution >= 0.6 is 0 Å². The smallest absolute Gasteiger partial charge is 0.129 e. The molecule has 0 spiro atoms. The summed E-state index contributed by atoms with van der Waals surface area (Å²) in [4.78, 5) is 6.80. The minimum absolute atomic E-state index is 0.310. The van der Waals surface area contributed by atoms with Gasteiger partial charge in [0.2, 0.25) is 0 Å². The third-order valence-electron chi connectivity index (χ3n) is 2.81. The van der Waals surface area contributed by atoms with Crippen LogP contribution in [-0.2, 0) is 11.3 Å². The van der Waals surface area contributed by atoms with Crippen molar-refractivity contribution in [2.45, 2.75) is 33.4 Å². The van der Waals surface area contributed by atoms with Crippen LogP contribution in [-0.4, -0.2) is 31.3 Å². The van der Waals surface area contributed by atoms with E-state index in [4.69, 9.17) is 10.5 Å². The van der Waals surface area contributed by atoms with Gasteiger partial charge < -0.3 is 15.4 Å². The Morgan fingerprint density at radius 2 is 2.18 bits per heavy atom. The normalized spacial score (nSPS) is 12.5. The zero-order valence-corrected chi connectivity index (χ0v) is 11.2. The summed E-state index contributed by atoms with van der Waals surface area (Å²) in [6.45, 7) is 8.41. The molecule has 1 atom stereocenters. The van der Waals surface area contributed by atoms with Gasteiger partial charge in [0, 0.05) is 25.9 Å². The molecule has 0 radical (unpaired) electrons. The maximum absolute atomic E-state index is 5.69. The average molecular weight is 237 g/mol. The largest absolute Gasteiger partial charge is 0.383 e. The highest BCUT2D eigenvalue weighted by atomic mass is 16.5. The van der Waals surface area contributed by atoms with E-state index in [0.717, 1.165) is 23.6 Å². The zero-order chi connectivity index (χ0) is 12.8. The van der Waals surface area contributed by atoms with Crippen LogP contribution in [0.1, 0.15) is 25.1 Å². The summed E-state index contributed by atoms with van der Waals surface area (Å²) in [5, 5.41) is 0. The summed E-state index contributed by atoms with van der Waals surface area (Å²) in [6.07, 6.45) is 0. The quantitative estimate of drug-likeness (QED) is 0.818. The molecule has 1 aromatic heterocycles. The molecule has 0 amide bonds. The van der Waals surface area contributed by atoms with Crippen LogP contribution in [0.4, 0.5) is 5.82 Å². The average Bonchev–Trinajstić information content (AvgIpc) is 2.29. The molecule has 0 saturated heterocycles. The molecule has 4 nitrogen and oxygen atoms in total. The van der Waals surface area contributed by atoms with Crippen LogP contribution in [0.5, 0.6) is 0 Å². The number of nitrogens with two attached hydrogens (primary N) is 1. The lowest BCUT2D eigenvalue weighted by atomic mass is 10.2. The van der Waals surface area contributed by atoms with Gasteiger partial charge in [-0.1, -0.05) is 0 Å². The zero-order valence-electron chi connectivity index (χ0n) is 11.2. The predicted molar refractivity (Wildman–Crippen MR) is 71.2 cm³/mol. The highest BCUT2D eigenvalue weighted by Crippen LogP contribution is 2.17. The fourth-order valence-electron chi connectivity index (χ4n) is 2.02. The second-order valence-electron chi connectivity index (χ2n) is 4.27. The van der Waals surface area contributed by atoms with Crippen molar-refractivity contribution in [2.24, 2.45) is 5.73 Å². The second kappa shape index (κ2) is 6.57. The van der Waals surface area contributed by atoms with Gasteiger partial charge in [0.15, 0.2) is 0 Å². The molecule has 0 fully saturated rings. The lowest BCUT2D eigenvalue weighted by molar-refractivity contribution is 0.181. The van der Waals surface area contributed by atoms with E-state index in [1.165, 1.54) is 0 Å². The van der Waals surface area contributed by atoms with Crippen molar-refractivity contribution in [2.75, 3.05) is 25.2 Å². The summed E-state index contributed by atoms with van der Waals surface area (Å²) in [5.41, 5.74) is 7.82. The third kappa shape index (κ3) is 3.68. The maximum Gasteiger partial charge on any atom is 0.129 e. The molecule has 0 saturated carbocycles. The van der Waals surface area contributed by atoms with Crippen molar-refractivity contribution in [1.29, 1.82) is 0 Å². The van der Waals surface area contributed by atoms with E-state index in [1.807, 2.05) is 13.0 Å². The van der Waals surface area contributed by atoms with E-state index in [9.17, 15) is 0 Å². The van der Waals surface area contributed by atoms with Gasteiger partial charge in [-0.05, 0) is 38.5 Å². The molecule has 1 unspecified atom stereocenters. The van der Waals surface area contributed by atoms with Gasteiger partial charge >= 0.3 is 0 Å². The predicted octanol–water partition coefficient (Wildman–Crippen LogP) is 1.71. The fourth-order valence-corrected chi connectivity index (χ4v) is 2.02. The van der Waals surface area contributed by atoms with E-state index in [2.05, 4.69) is 29.8 Å². The van der Waals surface area contributed by atoms with Crippen molar-refractivity contribution < 1.29 is 4.74 Å². The number of nitrogens with zero attached hydrogens (tertiary/aromatic N) is 2. The molecule has 0 bridgehead atoms. The monoisotopic (exact) mass is 237 g/mol. The minimum atomic E-state index is 0.310. The van der Waals surface area contributed by atoms with Crippen molar-refractivity contribution in [3.8, 4) is 0 Å². The number of likely N-dealkylation sites (N-methyl/N-ethyl adjacent to an activating group) is 1. The SMILES string of the molecule is CCN(c1cc(CN)cc(C)n1)C(C)COC. The first kappa shape index (κ1) is 13.9. The maximum atomic E-state index is 5.69. The van der Waals surface area contributed by atoms with Gasteiger partial charge in [0.05, 0.1) is 12.6 Å². The highest BCUT2D eigenvalue weighted by molar-refractivity contribution is 5.43. The number of methoxy groups -OCH3 is 1. The first-order valence-electron chi connectivity index (χ1n) is 6.05. The third-order valence-corrected chi connectivity index (χ3v) is 2.81. The molecule has 0 aromatic carbocycles. The molecule has 96 valence electrons. The Morgan fingerprint density at radius 1 is 1.47 bits per heavy atom. The minimum Gasteiger partial charge on any atom is -0.383 e. The van der Waals surface area contributed by atoms with Crippen LogP contribution in [0.2, 0.25) is 0 Å². The summed E-state index contributed by atoms with van der Waals surface area (Å²) >= 11 is 0. The number of hydrogen-bond donors (Lipinski definition) is 1. The Kier molecular flexibility index (Phi) is 5.38. The topological polar surface area (TPSA) is 51.4 Å². The van der Waals surface area contributed by atoms with E-state index in [0.29, 0.717) is 19.2 Å². The fraction of sp³-hybridized carbons (Fsp3) is 0.615. The highest BCUT2D eigenvalue weighted by Gasteiger charge is 2.14. The molecule has 1 aromatic rings. The molecular weight excluding hydrogens is 214 g/mol. The summed E-state index contributed by atoms with van der Waals surface area (Å²) in [7, 11) is 1.72. The lowest BCUT2D eigenvalue weighted by Gasteiger charge is -2.29. The van der Waals surface area contributed by atoms with E-state index in [1.54, 1.807) is 7.11 Å². The number of anilines is 1.